The van der Waals surface area contributed by atoms with Gasteiger partial charge in [-0.25, -0.2) is 4.79 Å². The highest BCUT2D eigenvalue weighted by atomic mass is 32.2. The van der Waals surface area contributed by atoms with Gasteiger partial charge in [0.2, 0.25) is 0 Å². The molecule has 1 aliphatic carbocycles. The molecule has 3 rings (SSSR count). The highest BCUT2D eigenvalue weighted by molar-refractivity contribution is 7.99. The minimum absolute atomic E-state index is 0.134. The van der Waals surface area contributed by atoms with Crippen molar-refractivity contribution in [3.05, 3.63) is 11.8 Å². The number of anilines is 1. The van der Waals surface area contributed by atoms with E-state index in [1.54, 1.807) is 4.68 Å². The largest absolute Gasteiger partial charge is 0.336 e. The minimum atomic E-state index is -0.134. The molecule has 0 atom stereocenters. The van der Waals surface area contributed by atoms with Gasteiger partial charge in [-0.05, 0) is 19.8 Å². The van der Waals surface area contributed by atoms with E-state index in [1.807, 2.05) is 31.8 Å². The van der Waals surface area contributed by atoms with Gasteiger partial charge in [0.25, 0.3) is 0 Å². The Morgan fingerprint density at radius 3 is 2.65 bits per heavy atom. The van der Waals surface area contributed by atoms with Crippen LogP contribution in [0.15, 0.2) is 6.07 Å². The fourth-order valence-electron chi connectivity index (χ4n) is 3.81. The third-order valence-electron chi connectivity index (χ3n) is 5.04. The first-order valence-corrected chi connectivity index (χ1v) is 9.63. The van der Waals surface area contributed by atoms with Gasteiger partial charge in [-0.3, -0.25) is 14.9 Å². The number of urea groups is 1. The fraction of sp³-hybridized carbons (Fsp3) is 0.750. The molecule has 1 saturated heterocycles. The molecule has 1 aliphatic heterocycles. The Kier molecular flexibility index (Phi) is 5.16. The van der Waals surface area contributed by atoms with Gasteiger partial charge in [0.05, 0.1) is 5.69 Å². The van der Waals surface area contributed by atoms with Crippen molar-refractivity contribution in [3.63, 3.8) is 0 Å². The van der Waals surface area contributed by atoms with Crippen LogP contribution >= 0.6 is 11.8 Å². The van der Waals surface area contributed by atoms with Gasteiger partial charge in [-0.15, -0.1) is 0 Å². The van der Waals surface area contributed by atoms with Crippen molar-refractivity contribution >= 4 is 23.6 Å². The van der Waals surface area contributed by atoms with Crippen LogP contribution in [0.2, 0.25) is 0 Å². The van der Waals surface area contributed by atoms with E-state index < -0.39 is 0 Å². The van der Waals surface area contributed by atoms with Gasteiger partial charge in [0.15, 0.2) is 0 Å². The number of aryl methyl sites for hydroxylation is 2. The van der Waals surface area contributed by atoms with Crippen molar-refractivity contribution in [2.45, 2.75) is 38.1 Å². The quantitative estimate of drug-likeness (QED) is 0.884. The van der Waals surface area contributed by atoms with Crippen LogP contribution < -0.4 is 10.6 Å². The van der Waals surface area contributed by atoms with E-state index in [1.165, 1.54) is 37.2 Å². The zero-order valence-electron chi connectivity index (χ0n) is 14.1. The molecule has 2 N–H and O–H groups in total. The summed E-state index contributed by atoms with van der Waals surface area (Å²) in [6.45, 7) is 4.95. The molecule has 0 bridgehead atoms. The van der Waals surface area contributed by atoms with E-state index in [0.717, 1.165) is 31.1 Å². The summed E-state index contributed by atoms with van der Waals surface area (Å²) in [5, 5.41) is 10.3. The highest BCUT2D eigenvalue weighted by Gasteiger charge is 2.40. The van der Waals surface area contributed by atoms with Crippen LogP contribution in [0.3, 0.4) is 0 Å². The number of carbonyl (C=O) groups is 1. The summed E-state index contributed by atoms with van der Waals surface area (Å²) in [5.74, 6) is 3.15. The summed E-state index contributed by atoms with van der Waals surface area (Å²) in [4.78, 5) is 14.9. The maximum Gasteiger partial charge on any atom is 0.320 e. The van der Waals surface area contributed by atoms with E-state index >= 15 is 0 Å². The molecule has 1 saturated carbocycles. The maximum absolute atomic E-state index is 12.3. The van der Waals surface area contributed by atoms with Crippen LogP contribution in [0.25, 0.3) is 0 Å². The summed E-state index contributed by atoms with van der Waals surface area (Å²) in [6, 6.07) is 1.75. The van der Waals surface area contributed by atoms with Crippen LogP contribution in [0.5, 0.6) is 0 Å². The normalized spacial score (nSPS) is 21.3. The maximum atomic E-state index is 12.3. The average molecular weight is 337 g/mol. The molecule has 128 valence electrons. The van der Waals surface area contributed by atoms with Gasteiger partial charge >= 0.3 is 6.03 Å². The highest BCUT2D eigenvalue weighted by Crippen LogP contribution is 2.36. The van der Waals surface area contributed by atoms with Crippen molar-refractivity contribution < 1.29 is 4.79 Å². The summed E-state index contributed by atoms with van der Waals surface area (Å²) in [7, 11) is 1.84. The van der Waals surface area contributed by atoms with Crippen LogP contribution in [0.4, 0.5) is 10.6 Å². The fourth-order valence-corrected chi connectivity index (χ4v) is 4.71. The molecule has 1 aromatic rings. The lowest BCUT2D eigenvalue weighted by molar-refractivity contribution is 0.105. The lowest BCUT2D eigenvalue weighted by atomic mass is 9.94. The molecule has 2 amide bonds. The summed E-state index contributed by atoms with van der Waals surface area (Å²) >= 11 is 2.04. The van der Waals surface area contributed by atoms with E-state index in [0.29, 0.717) is 0 Å². The van der Waals surface area contributed by atoms with Crippen LogP contribution in [-0.4, -0.2) is 57.4 Å². The molecule has 1 aromatic heterocycles. The number of amides is 2. The Morgan fingerprint density at radius 2 is 2.04 bits per heavy atom. The molecule has 0 radical (unpaired) electrons. The second kappa shape index (κ2) is 7.13. The molecule has 0 unspecified atom stereocenters. The van der Waals surface area contributed by atoms with E-state index in [9.17, 15) is 4.79 Å². The molecule has 0 spiro atoms. The Hall–Kier alpha value is -1.21. The molecule has 23 heavy (non-hydrogen) atoms. The standard InChI is InChI=1S/C16H27N5OS/c1-13-11-14(20(2)19-13)18-15(22)17-12-16(5-3-4-6-16)21-7-9-23-10-8-21/h11H,3-10,12H2,1-2H3,(H2,17,18,22). The van der Waals surface area contributed by atoms with E-state index in [4.69, 9.17) is 0 Å². The van der Waals surface area contributed by atoms with Crippen molar-refractivity contribution in [1.29, 1.82) is 0 Å². The van der Waals surface area contributed by atoms with Crippen LogP contribution in [0, 0.1) is 6.92 Å². The third-order valence-corrected chi connectivity index (χ3v) is 5.98. The van der Waals surface area contributed by atoms with Crippen LogP contribution in [0.1, 0.15) is 31.4 Å². The number of aromatic nitrogens is 2. The number of hydrogen-bond donors (Lipinski definition) is 2. The second-order valence-electron chi connectivity index (χ2n) is 6.63. The number of thioether (sulfide) groups is 1. The molecular weight excluding hydrogens is 310 g/mol. The minimum Gasteiger partial charge on any atom is -0.336 e. The van der Waals surface area contributed by atoms with Crippen molar-refractivity contribution in [2.75, 3.05) is 36.5 Å². The average Bonchev–Trinajstić information content (AvgIpc) is 3.14. The topological polar surface area (TPSA) is 62.2 Å². The second-order valence-corrected chi connectivity index (χ2v) is 7.86. The molecule has 7 heteroatoms. The van der Waals surface area contributed by atoms with Gasteiger partial charge < -0.3 is 5.32 Å². The van der Waals surface area contributed by atoms with Crippen molar-refractivity contribution in [2.24, 2.45) is 7.05 Å². The molecule has 6 nitrogen and oxygen atoms in total. The molecule has 2 fully saturated rings. The van der Waals surface area contributed by atoms with Gasteiger partial charge in [-0.1, -0.05) is 12.8 Å². The van der Waals surface area contributed by atoms with Crippen molar-refractivity contribution in [3.8, 4) is 0 Å². The van der Waals surface area contributed by atoms with Crippen molar-refractivity contribution in [1.82, 2.24) is 20.0 Å². The predicted molar refractivity (Wildman–Crippen MR) is 95.1 cm³/mol. The number of nitrogens with zero attached hydrogens (tertiary/aromatic N) is 3. The molecule has 2 heterocycles. The van der Waals surface area contributed by atoms with E-state index in [-0.39, 0.29) is 11.6 Å². The SMILES string of the molecule is Cc1cc(NC(=O)NCC2(N3CCSCC3)CCCC2)n(C)n1. The number of rotatable bonds is 4. The summed E-state index contributed by atoms with van der Waals surface area (Å²) < 4.78 is 1.70. The smallest absolute Gasteiger partial charge is 0.320 e. The van der Waals surface area contributed by atoms with Crippen LogP contribution in [-0.2, 0) is 7.05 Å². The third kappa shape index (κ3) is 3.83. The van der Waals surface area contributed by atoms with Gasteiger partial charge in [-0.2, -0.15) is 16.9 Å². The summed E-state index contributed by atoms with van der Waals surface area (Å²) in [5.41, 5.74) is 1.07. The lowest BCUT2D eigenvalue weighted by Gasteiger charge is -2.43. The first kappa shape index (κ1) is 16.6. The Morgan fingerprint density at radius 1 is 1.35 bits per heavy atom. The number of hydrogen-bond acceptors (Lipinski definition) is 4. The number of nitrogens with one attached hydrogen (secondary N) is 2. The first-order chi connectivity index (χ1) is 11.1. The first-order valence-electron chi connectivity index (χ1n) is 8.47. The molecular formula is C16H27N5OS. The molecule has 2 aliphatic rings. The molecule has 0 aromatic carbocycles. The predicted octanol–water partition coefficient (Wildman–Crippen LogP) is 2.21. The monoisotopic (exact) mass is 337 g/mol. The Bertz CT molecular complexity index is 547. The number of carbonyl (C=O) groups excluding carboxylic acids is 1. The Labute approximate surface area is 142 Å². The lowest BCUT2D eigenvalue weighted by Crippen LogP contribution is -2.56. The zero-order valence-corrected chi connectivity index (χ0v) is 14.9. The van der Waals surface area contributed by atoms with E-state index in [2.05, 4.69) is 20.6 Å². The van der Waals surface area contributed by atoms with Gasteiger partial charge in [0, 0.05) is 49.8 Å². The zero-order chi connectivity index (χ0) is 16.3. The Balaban J connectivity index is 1.58. The summed E-state index contributed by atoms with van der Waals surface area (Å²) in [6.07, 6.45) is 4.94. The van der Waals surface area contributed by atoms with Gasteiger partial charge in [0.1, 0.15) is 5.82 Å².